The van der Waals surface area contributed by atoms with Gasteiger partial charge in [-0.1, -0.05) is 78.9 Å². The summed E-state index contributed by atoms with van der Waals surface area (Å²) < 4.78 is 15.3. The summed E-state index contributed by atoms with van der Waals surface area (Å²) in [7, 11) is 0. The molecule has 0 bridgehead atoms. The zero-order chi connectivity index (χ0) is 30.2. The Hall–Kier alpha value is -5.91. The molecule has 0 radical (unpaired) electrons. The largest absolute Gasteiger partial charge is 0.456 e. The second-order valence-electron chi connectivity index (χ2n) is 11.6. The van der Waals surface area contributed by atoms with E-state index in [4.69, 9.17) is 13.8 Å². The highest BCUT2D eigenvalue weighted by Gasteiger charge is 2.21. The number of para-hydroxylation sites is 2. The van der Waals surface area contributed by atoms with Crippen LogP contribution >= 0.6 is 11.3 Å². The first-order valence-electron chi connectivity index (χ1n) is 15.3. The molecule has 10 aromatic rings. The molecule has 0 spiro atoms. The third-order valence-electron chi connectivity index (χ3n) is 8.88. The third-order valence-corrected chi connectivity index (χ3v) is 10.1. The van der Waals surface area contributed by atoms with Crippen molar-refractivity contribution in [2.24, 2.45) is 0 Å². The van der Waals surface area contributed by atoms with Crippen molar-refractivity contribution >= 4 is 92.4 Å². The van der Waals surface area contributed by atoms with Crippen LogP contribution in [0, 0.1) is 0 Å². The van der Waals surface area contributed by atoms with Gasteiger partial charge in [-0.25, -0.2) is 4.98 Å². The second-order valence-corrected chi connectivity index (χ2v) is 12.6. The van der Waals surface area contributed by atoms with Crippen LogP contribution in [0.15, 0.2) is 154 Å². The molecule has 0 atom stereocenters. The first-order chi connectivity index (χ1) is 22.8. The van der Waals surface area contributed by atoms with Gasteiger partial charge >= 0.3 is 0 Å². The fourth-order valence-corrected chi connectivity index (χ4v) is 7.98. The smallest absolute Gasteiger partial charge is 0.228 e. The molecule has 0 unspecified atom stereocenters. The van der Waals surface area contributed by atoms with E-state index in [2.05, 4.69) is 114 Å². The number of hydrogen-bond acceptors (Lipinski definition) is 5. The Kier molecular flexibility index (Phi) is 5.41. The lowest BCUT2D eigenvalue weighted by Gasteiger charge is -2.26. The average molecular weight is 609 g/mol. The minimum Gasteiger partial charge on any atom is -0.456 e. The standard InChI is InChI=1S/C41H24N2O2S/c1-2-10-26-23-27(20-19-25(26)9-1)43(34-15-7-12-30-29-11-3-6-18-38(29)46-40(30)34)28-21-22-31-37(24-28)44-36-17-8-13-32(39(31)36)41-42-33-14-4-5-16-35(33)45-41/h1-24H. The number of hydrogen-bond donors (Lipinski definition) is 0. The SMILES string of the molecule is c1ccc2cc(N(c3ccc4c(c3)oc3cccc(-c5nc6ccccc6o5)c34)c3cccc4c3sc3ccccc34)ccc2c1. The molecular formula is C41H24N2O2S. The predicted molar refractivity (Wildman–Crippen MR) is 192 cm³/mol. The first kappa shape index (κ1) is 25.4. The van der Waals surface area contributed by atoms with Crippen LogP contribution in [0.25, 0.3) is 75.4 Å². The van der Waals surface area contributed by atoms with Gasteiger partial charge in [0.2, 0.25) is 5.89 Å². The number of oxazole rings is 1. The lowest BCUT2D eigenvalue weighted by molar-refractivity contribution is 0.620. The zero-order valence-corrected chi connectivity index (χ0v) is 25.3. The summed E-state index contributed by atoms with van der Waals surface area (Å²) >= 11 is 1.84. The number of furan rings is 1. The topological polar surface area (TPSA) is 42.4 Å². The molecule has 4 nitrogen and oxygen atoms in total. The number of rotatable bonds is 4. The Morgan fingerprint density at radius 3 is 2.24 bits per heavy atom. The van der Waals surface area contributed by atoms with E-state index in [0.717, 1.165) is 55.7 Å². The van der Waals surface area contributed by atoms with E-state index in [-0.39, 0.29) is 0 Å². The first-order valence-corrected chi connectivity index (χ1v) is 16.1. The maximum Gasteiger partial charge on any atom is 0.228 e. The van der Waals surface area contributed by atoms with Crippen molar-refractivity contribution in [3.05, 3.63) is 146 Å². The van der Waals surface area contributed by atoms with Gasteiger partial charge in [-0.2, -0.15) is 0 Å². The minimum absolute atomic E-state index is 0.591. The van der Waals surface area contributed by atoms with Crippen molar-refractivity contribution in [3.63, 3.8) is 0 Å². The molecule has 3 heterocycles. The number of aromatic nitrogens is 1. The van der Waals surface area contributed by atoms with Crippen molar-refractivity contribution in [2.75, 3.05) is 4.90 Å². The molecule has 0 N–H and O–H groups in total. The van der Waals surface area contributed by atoms with Crippen LogP contribution in [0.3, 0.4) is 0 Å². The highest BCUT2D eigenvalue weighted by atomic mass is 32.1. The quantitative estimate of drug-likeness (QED) is 0.199. The third kappa shape index (κ3) is 3.82. The number of fused-ring (bicyclic) bond motifs is 8. The predicted octanol–water partition coefficient (Wildman–Crippen LogP) is 12.4. The summed E-state index contributed by atoms with van der Waals surface area (Å²) in [4.78, 5) is 7.16. The van der Waals surface area contributed by atoms with E-state index in [1.807, 2.05) is 47.7 Å². The zero-order valence-electron chi connectivity index (χ0n) is 24.5. The van der Waals surface area contributed by atoms with Gasteiger partial charge in [-0.05, 0) is 71.4 Å². The molecule has 0 aliphatic carbocycles. The Bertz CT molecular complexity index is 2750. The molecule has 10 rings (SSSR count). The number of nitrogens with zero attached hydrogens (tertiary/aromatic N) is 2. The minimum atomic E-state index is 0.591. The van der Waals surface area contributed by atoms with E-state index in [0.29, 0.717) is 5.89 Å². The molecule has 216 valence electrons. The summed E-state index contributed by atoms with van der Waals surface area (Å²) in [6.07, 6.45) is 0. The molecule has 0 amide bonds. The molecular weight excluding hydrogens is 585 g/mol. The van der Waals surface area contributed by atoms with E-state index in [1.54, 1.807) is 0 Å². The van der Waals surface area contributed by atoms with Crippen LogP contribution in [0.2, 0.25) is 0 Å². The Labute approximate surface area is 267 Å². The van der Waals surface area contributed by atoms with Crippen LogP contribution in [0.4, 0.5) is 17.1 Å². The molecule has 0 aliphatic heterocycles. The summed E-state index contributed by atoms with van der Waals surface area (Å²) in [5.74, 6) is 0.591. The normalized spacial score (nSPS) is 11.9. The summed E-state index contributed by atoms with van der Waals surface area (Å²) in [6, 6.07) is 50.9. The number of benzene rings is 7. The molecule has 3 aromatic heterocycles. The van der Waals surface area contributed by atoms with Gasteiger partial charge in [0.25, 0.3) is 0 Å². The lowest BCUT2D eigenvalue weighted by Crippen LogP contribution is -2.10. The summed E-state index contributed by atoms with van der Waals surface area (Å²) in [5, 5.41) is 6.97. The Morgan fingerprint density at radius 2 is 1.28 bits per heavy atom. The van der Waals surface area contributed by atoms with E-state index < -0.39 is 0 Å². The lowest BCUT2D eigenvalue weighted by atomic mass is 10.0. The monoisotopic (exact) mass is 608 g/mol. The molecule has 0 saturated heterocycles. The van der Waals surface area contributed by atoms with Crippen molar-refractivity contribution in [1.29, 1.82) is 0 Å². The average Bonchev–Trinajstić information content (AvgIpc) is 3.82. The Balaban J connectivity index is 1.21. The van der Waals surface area contributed by atoms with Crippen molar-refractivity contribution in [1.82, 2.24) is 4.98 Å². The van der Waals surface area contributed by atoms with Crippen LogP contribution in [0.5, 0.6) is 0 Å². The van der Waals surface area contributed by atoms with Gasteiger partial charge in [-0.15, -0.1) is 11.3 Å². The van der Waals surface area contributed by atoms with Crippen LogP contribution in [-0.4, -0.2) is 4.98 Å². The van der Waals surface area contributed by atoms with Crippen molar-refractivity contribution < 1.29 is 8.83 Å². The van der Waals surface area contributed by atoms with Gasteiger partial charge in [0.05, 0.1) is 10.4 Å². The van der Waals surface area contributed by atoms with Gasteiger partial charge in [-0.3, -0.25) is 0 Å². The molecule has 7 aromatic carbocycles. The second kappa shape index (κ2) is 9.80. The summed E-state index contributed by atoms with van der Waals surface area (Å²) in [6.45, 7) is 0. The number of thiophene rings is 1. The van der Waals surface area contributed by atoms with Gasteiger partial charge in [0, 0.05) is 49.2 Å². The fourth-order valence-electron chi connectivity index (χ4n) is 6.77. The number of anilines is 3. The molecule has 0 fully saturated rings. The van der Waals surface area contributed by atoms with Crippen LogP contribution in [-0.2, 0) is 0 Å². The van der Waals surface area contributed by atoms with Crippen LogP contribution < -0.4 is 4.90 Å². The highest BCUT2D eigenvalue weighted by molar-refractivity contribution is 7.26. The summed E-state index contributed by atoms with van der Waals surface area (Å²) in [5.41, 5.74) is 7.39. The van der Waals surface area contributed by atoms with E-state index >= 15 is 0 Å². The van der Waals surface area contributed by atoms with Crippen molar-refractivity contribution in [3.8, 4) is 11.5 Å². The van der Waals surface area contributed by atoms with Crippen LogP contribution in [0.1, 0.15) is 0 Å². The maximum absolute atomic E-state index is 6.56. The highest BCUT2D eigenvalue weighted by Crippen LogP contribution is 2.46. The molecule has 0 aliphatic rings. The maximum atomic E-state index is 6.56. The van der Waals surface area contributed by atoms with E-state index in [9.17, 15) is 0 Å². The van der Waals surface area contributed by atoms with Crippen molar-refractivity contribution in [2.45, 2.75) is 0 Å². The fraction of sp³-hybridized carbons (Fsp3) is 0. The van der Waals surface area contributed by atoms with Gasteiger partial charge in [0.15, 0.2) is 5.58 Å². The molecule has 46 heavy (non-hydrogen) atoms. The molecule has 5 heteroatoms. The van der Waals surface area contributed by atoms with E-state index in [1.165, 1.54) is 30.9 Å². The van der Waals surface area contributed by atoms with Gasteiger partial charge < -0.3 is 13.7 Å². The Morgan fingerprint density at radius 1 is 0.522 bits per heavy atom. The van der Waals surface area contributed by atoms with Gasteiger partial charge in [0.1, 0.15) is 16.7 Å². The molecule has 0 saturated carbocycles.